The van der Waals surface area contributed by atoms with Gasteiger partial charge in [0.15, 0.2) is 0 Å². The van der Waals surface area contributed by atoms with Crippen molar-refractivity contribution < 1.29 is 9.50 Å². The molecule has 0 aliphatic heterocycles. The summed E-state index contributed by atoms with van der Waals surface area (Å²) in [6.45, 7) is 5.25. The summed E-state index contributed by atoms with van der Waals surface area (Å²) < 4.78 is 13.8. The second kappa shape index (κ2) is 7.87. The number of aliphatic hydroxyl groups is 1. The topological polar surface area (TPSA) is 32.3 Å². The SMILES string of the molecule is CC(CO)CCCNC(C)c1ccc(F)cc1Br. The van der Waals surface area contributed by atoms with Crippen LogP contribution in [0.5, 0.6) is 0 Å². The Morgan fingerprint density at radius 1 is 1.39 bits per heavy atom. The predicted octanol–water partition coefficient (Wildman–Crippen LogP) is 3.65. The Hall–Kier alpha value is -0.450. The van der Waals surface area contributed by atoms with Gasteiger partial charge in [0.05, 0.1) is 0 Å². The van der Waals surface area contributed by atoms with Gasteiger partial charge in [-0.1, -0.05) is 28.9 Å². The van der Waals surface area contributed by atoms with Gasteiger partial charge >= 0.3 is 0 Å². The molecule has 0 aliphatic rings. The Morgan fingerprint density at radius 3 is 2.72 bits per heavy atom. The largest absolute Gasteiger partial charge is 0.396 e. The van der Waals surface area contributed by atoms with Gasteiger partial charge in [0.1, 0.15) is 5.82 Å². The summed E-state index contributed by atoms with van der Waals surface area (Å²) in [4.78, 5) is 0. The highest BCUT2D eigenvalue weighted by Crippen LogP contribution is 2.24. The highest BCUT2D eigenvalue weighted by Gasteiger charge is 2.09. The van der Waals surface area contributed by atoms with Gasteiger partial charge < -0.3 is 10.4 Å². The maximum absolute atomic E-state index is 13.0. The summed E-state index contributed by atoms with van der Waals surface area (Å²) in [7, 11) is 0. The lowest BCUT2D eigenvalue weighted by Gasteiger charge is -2.16. The Morgan fingerprint density at radius 2 is 2.11 bits per heavy atom. The van der Waals surface area contributed by atoms with E-state index in [2.05, 4.69) is 28.2 Å². The zero-order valence-corrected chi connectivity index (χ0v) is 12.5. The monoisotopic (exact) mass is 317 g/mol. The number of rotatable bonds is 7. The molecule has 2 nitrogen and oxygen atoms in total. The minimum absolute atomic E-state index is 0.185. The molecule has 0 saturated heterocycles. The molecule has 0 radical (unpaired) electrons. The van der Waals surface area contributed by atoms with Crippen LogP contribution in [0.15, 0.2) is 22.7 Å². The molecule has 1 rings (SSSR count). The molecule has 0 saturated carbocycles. The molecule has 0 heterocycles. The maximum Gasteiger partial charge on any atom is 0.124 e. The normalized spacial score (nSPS) is 14.5. The minimum Gasteiger partial charge on any atom is -0.396 e. The van der Waals surface area contributed by atoms with Crippen molar-refractivity contribution in [2.75, 3.05) is 13.2 Å². The van der Waals surface area contributed by atoms with E-state index in [1.54, 1.807) is 6.07 Å². The Balaban J connectivity index is 2.38. The van der Waals surface area contributed by atoms with Gasteiger partial charge in [0, 0.05) is 17.1 Å². The fraction of sp³-hybridized carbons (Fsp3) is 0.571. The molecular formula is C14H21BrFNO. The lowest BCUT2D eigenvalue weighted by Crippen LogP contribution is -2.21. The van der Waals surface area contributed by atoms with Gasteiger partial charge in [0.2, 0.25) is 0 Å². The molecule has 0 aliphatic carbocycles. The van der Waals surface area contributed by atoms with Gasteiger partial charge in [-0.05, 0) is 49.9 Å². The lowest BCUT2D eigenvalue weighted by atomic mass is 10.1. The predicted molar refractivity (Wildman–Crippen MR) is 76.0 cm³/mol. The van der Waals surface area contributed by atoms with E-state index < -0.39 is 0 Å². The molecule has 0 aromatic heterocycles. The smallest absolute Gasteiger partial charge is 0.124 e. The van der Waals surface area contributed by atoms with Crippen molar-refractivity contribution in [2.45, 2.75) is 32.7 Å². The van der Waals surface area contributed by atoms with Crippen LogP contribution in [0.1, 0.15) is 38.3 Å². The van der Waals surface area contributed by atoms with Crippen LogP contribution in [-0.4, -0.2) is 18.3 Å². The van der Waals surface area contributed by atoms with E-state index in [9.17, 15) is 4.39 Å². The van der Waals surface area contributed by atoms with E-state index in [0.717, 1.165) is 29.4 Å². The molecule has 0 amide bonds. The summed E-state index contributed by atoms with van der Waals surface area (Å²) >= 11 is 3.38. The second-order valence-electron chi connectivity index (χ2n) is 4.77. The molecule has 1 aromatic rings. The first kappa shape index (κ1) is 15.6. The summed E-state index contributed by atoms with van der Waals surface area (Å²) in [5.41, 5.74) is 1.06. The third-order valence-corrected chi connectivity index (χ3v) is 3.75. The van der Waals surface area contributed by atoms with Crippen molar-refractivity contribution in [3.05, 3.63) is 34.1 Å². The van der Waals surface area contributed by atoms with Crippen molar-refractivity contribution in [3.8, 4) is 0 Å². The molecular weight excluding hydrogens is 297 g/mol. The van der Waals surface area contributed by atoms with E-state index in [1.165, 1.54) is 12.1 Å². The Kier molecular flexibility index (Phi) is 6.82. The number of aliphatic hydroxyl groups excluding tert-OH is 1. The van der Waals surface area contributed by atoms with Crippen LogP contribution < -0.4 is 5.32 Å². The Bertz CT molecular complexity index is 373. The van der Waals surface area contributed by atoms with Crippen molar-refractivity contribution in [3.63, 3.8) is 0 Å². The highest BCUT2D eigenvalue weighted by molar-refractivity contribution is 9.10. The number of hydrogen-bond donors (Lipinski definition) is 2. The van der Waals surface area contributed by atoms with Crippen LogP contribution in [0.3, 0.4) is 0 Å². The lowest BCUT2D eigenvalue weighted by molar-refractivity contribution is 0.227. The molecule has 102 valence electrons. The average molecular weight is 318 g/mol. The molecule has 0 spiro atoms. The third-order valence-electron chi connectivity index (χ3n) is 3.06. The molecule has 18 heavy (non-hydrogen) atoms. The number of nitrogens with one attached hydrogen (secondary N) is 1. The fourth-order valence-electron chi connectivity index (χ4n) is 1.82. The van der Waals surface area contributed by atoms with Gasteiger partial charge in [-0.25, -0.2) is 4.39 Å². The van der Waals surface area contributed by atoms with Crippen LogP contribution in [-0.2, 0) is 0 Å². The van der Waals surface area contributed by atoms with Crippen molar-refractivity contribution in [2.24, 2.45) is 5.92 Å². The van der Waals surface area contributed by atoms with Gasteiger partial charge in [-0.15, -0.1) is 0 Å². The van der Waals surface area contributed by atoms with E-state index in [0.29, 0.717) is 5.92 Å². The zero-order chi connectivity index (χ0) is 13.5. The summed E-state index contributed by atoms with van der Waals surface area (Å²) in [6.07, 6.45) is 2.05. The van der Waals surface area contributed by atoms with Crippen molar-refractivity contribution in [1.29, 1.82) is 0 Å². The minimum atomic E-state index is -0.227. The number of benzene rings is 1. The maximum atomic E-state index is 13.0. The molecule has 0 fully saturated rings. The number of halogens is 2. The molecule has 4 heteroatoms. The van der Waals surface area contributed by atoms with E-state index >= 15 is 0 Å². The van der Waals surface area contributed by atoms with E-state index in [1.807, 2.05) is 6.92 Å². The standard InChI is InChI=1S/C14H21BrFNO/c1-10(9-18)4-3-7-17-11(2)13-6-5-12(16)8-14(13)15/h5-6,8,10-11,17-18H,3-4,7,9H2,1-2H3. The van der Waals surface area contributed by atoms with Gasteiger partial charge in [0.25, 0.3) is 0 Å². The fourth-order valence-corrected chi connectivity index (χ4v) is 2.52. The molecule has 2 N–H and O–H groups in total. The summed E-state index contributed by atoms with van der Waals surface area (Å²) in [6, 6.07) is 4.95. The van der Waals surface area contributed by atoms with Crippen molar-refractivity contribution in [1.82, 2.24) is 5.32 Å². The van der Waals surface area contributed by atoms with Crippen LogP contribution in [0.2, 0.25) is 0 Å². The summed E-state index contributed by atoms with van der Waals surface area (Å²) in [5, 5.41) is 12.3. The van der Waals surface area contributed by atoms with Gasteiger partial charge in [-0.3, -0.25) is 0 Å². The molecule has 2 unspecified atom stereocenters. The van der Waals surface area contributed by atoms with Crippen LogP contribution in [0, 0.1) is 11.7 Å². The molecule has 1 aromatic carbocycles. The van der Waals surface area contributed by atoms with Crippen LogP contribution in [0.4, 0.5) is 4.39 Å². The van der Waals surface area contributed by atoms with Crippen LogP contribution in [0.25, 0.3) is 0 Å². The first-order chi connectivity index (χ1) is 8.54. The molecule has 0 bridgehead atoms. The van der Waals surface area contributed by atoms with Crippen LogP contribution >= 0.6 is 15.9 Å². The first-order valence-electron chi connectivity index (χ1n) is 6.33. The molecule has 2 atom stereocenters. The van der Waals surface area contributed by atoms with Crippen molar-refractivity contribution >= 4 is 15.9 Å². The average Bonchev–Trinajstić information content (AvgIpc) is 2.34. The third kappa shape index (κ3) is 5.04. The van der Waals surface area contributed by atoms with E-state index in [-0.39, 0.29) is 18.5 Å². The second-order valence-corrected chi connectivity index (χ2v) is 5.63. The summed E-state index contributed by atoms with van der Waals surface area (Å²) in [5.74, 6) is 0.134. The zero-order valence-electron chi connectivity index (χ0n) is 10.9. The van der Waals surface area contributed by atoms with Gasteiger partial charge in [-0.2, -0.15) is 0 Å². The first-order valence-corrected chi connectivity index (χ1v) is 7.13. The van der Waals surface area contributed by atoms with E-state index in [4.69, 9.17) is 5.11 Å². The highest BCUT2D eigenvalue weighted by atomic mass is 79.9. The quantitative estimate of drug-likeness (QED) is 0.752. The Labute approximate surface area is 117 Å². The number of hydrogen-bond acceptors (Lipinski definition) is 2.